The Kier molecular flexibility index (Phi) is 4.46. The first-order valence-electron chi connectivity index (χ1n) is 7.28. The average Bonchev–Trinajstić information content (AvgIpc) is 2.42. The van der Waals surface area contributed by atoms with Crippen molar-refractivity contribution in [2.75, 3.05) is 6.54 Å². The van der Waals surface area contributed by atoms with E-state index >= 15 is 0 Å². The maximum Gasteiger partial charge on any atom is 0.0914 e. The van der Waals surface area contributed by atoms with Gasteiger partial charge in [-0.3, -0.25) is 0 Å². The van der Waals surface area contributed by atoms with Gasteiger partial charge >= 0.3 is 0 Å². The SMILES string of the molecule is C[C@@H](NC[C@@H](O)c1ccc2ccccc2c1)C(C)(C)C. The number of hydrogen-bond acceptors (Lipinski definition) is 2. The largest absolute Gasteiger partial charge is 0.387 e. The van der Waals surface area contributed by atoms with Crippen molar-refractivity contribution in [1.82, 2.24) is 5.32 Å². The molecule has 2 heteroatoms. The zero-order valence-corrected chi connectivity index (χ0v) is 12.9. The summed E-state index contributed by atoms with van der Waals surface area (Å²) in [5.41, 5.74) is 1.17. The van der Waals surface area contributed by atoms with Crippen LogP contribution in [-0.4, -0.2) is 17.7 Å². The van der Waals surface area contributed by atoms with Crippen molar-refractivity contribution in [3.05, 3.63) is 48.0 Å². The fraction of sp³-hybridized carbons (Fsp3) is 0.444. The third-order valence-electron chi connectivity index (χ3n) is 4.07. The highest BCUT2D eigenvalue weighted by molar-refractivity contribution is 5.83. The second-order valence-electron chi connectivity index (χ2n) is 6.62. The predicted octanol–water partition coefficient (Wildman–Crippen LogP) is 3.90. The van der Waals surface area contributed by atoms with Crippen LogP contribution in [0.25, 0.3) is 10.8 Å². The van der Waals surface area contributed by atoms with Crippen LogP contribution in [0.4, 0.5) is 0 Å². The molecule has 0 aromatic heterocycles. The highest BCUT2D eigenvalue weighted by atomic mass is 16.3. The van der Waals surface area contributed by atoms with E-state index in [2.05, 4.69) is 57.3 Å². The maximum atomic E-state index is 10.3. The van der Waals surface area contributed by atoms with Gasteiger partial charge in [0.05, 0.1) is 6.10 Å². The lowest BCUT2D eigenvalue weighted by molar-refractivity contribution is 0.158. The van der Waals surface area contributed by atoms with Crippen LogP contribution in [0.3, 0.4) is 0 Å². The van der Waals surface area contributed by atoms with Crippen LogP contribution in [0.1, 0.15) is 39.4 Å². The Morgan fingerprint density at radius 2 is 1.70 bits per heavy atom. The van der Waals surface area contributed by atoms with Gasteiger partial charge in [0.15, 0.2) is 0 Å². The van der Waals surface area contributed by atoms with Crippen molar-refractivity contribution in [1.29, 1.82) is 0 Å². The van der Waals surface area contributed by atoms with Gasteiger partial charge in [-0.05, 0) is 34.7 Å². The molecule has 0 heterocycles. The molecule has 2 aromatic rings. The molecule has 0 spiro atoms. The smallest absolute Gasteiger partial charge is 0.0914 e. The van der Waals surface area contributed by atoms with Gasteiger partial charge < -0.3 is 10.4 Å². The fourth-order valence-corrected chi connectivity index (χ4v) is 2.13. The summed E-state index contributed by atoms with van der Waals surface area (Å²) >= 11 is 0. The maximum absolute atomic E-state index is 10.3. The van der Waals surface area contributed by atoms with Crippen molar-refractivity contribution in [3.8, 4) is 0 Å². The zero-order valence-electron chi connectivity index (χ0n) is 12.9. The molecule has 108 valence electrons. The van der Waals surface area contributed by atoms with E-state index in [1.165, 1.54) is 10.8 Å². The molecule has 2 nitrogen and oxygen atoms in total. The number of aliphatic hydroxyl groups excluding tert-OH is 1. The lowest BCUT2D eigenvalue weighted by Crippen LogP contribution is -2.39. The molecule has 0 unspecified atom stereocenters. The minimum atomic E-state index is -0.468. The Hall–Kier alpha value is -1.38. The van der Waals surface area contributed by atoms with Crippen LogP contribution in [0, 0.1) is 5.41 Å². The lowest BCUT2D eigenvalue weighted by Gasteiger charge is -2.29. The van der Waals surface area contributed by atoms with Gasteiger partial charge in [-0.1, -0.05) is 57.2 Å². The van der Waals surface area contributed by atoms with E-state index in [1.54, 1.807) is 0 Å². The summed E-state index contributed by atoms with van der Waals surface area (Å²) in [5, 5.41) is 16.1. The first-order chi connectivity index (χ1) is 9.38. The van der Waals surface area contributed by atoms with E-state index in [9.17, 15) is 5.11 Å². The normalized spacial score (nSPS) is 15.2. The van der Waals surface area contributed by atoms with Gasteiger partial charge in [0, 0.05) is 12.6 Å². The molecule has 0 amide bonds. The summed E-state index contributed by atoms with van der Waals surface area (Å²) in [4.78, 5) is 0. The highest BCUT2D eigenvalue weighted by Gasteiger charge is 2.20. The van der Waals surface area contributed by atoms with Crippen LogP contribution >= 0.6 is 0 Å². The van der Waals surface area contributed by atoms with Crippen LogP contribution in [0.2, 0.25) is 0 Å². The monoisotopic (exact) mass is 271 g/mol. The summed E-state index contributed by atoms with van der Waals surface area (Å²) in [6.45, 7) is 9.34. The van der Waals surface area contributed by atoms with Gasteiger partial charge in [-0.25, -0.2) is 0 Å². The molecule has 0 aliphatic heterocycles. The molecule has 0 radical (unpaired) electrons. The van der Waals surface area contributed by atoms with Gasteiger partial charge in [-0.15, -0.1) is 0 Å². The molecular formula is C18H25NO. The number of benzene rings is 2. The van der Waals surface area contributed by atoms with Gasteiger partial charge in [0.25, 0.3) is 0 Å². The standard InChI is InChI=1S/C18H25NO/c1-13(18(2,3)4)19-12-17(20)16-10-9-14-7-5-6-8-15(14)11-16/h5-11,13,17,19-20H,12H2,1-4H3/t13-,17-/m1/s1. The molecule has 0 aliphatic carbocycles. The van der Waals surface area contributed by atoms with E-state index in [1.807, 2.05) is 18.2 Å². The van der Waals surface area contributed by atoms with Crippen LogP contribution in [0.15, 0.2) is 42.5 Å². The van der Waals surface area contributed by atoms with E-state index in [0.717, 1.165) is 5.56 Å². The van der Waals surface area contributed by atoms with Gasteiger partial charge in [0.2, 0.25) is 0 Å². The third-order valence-corrected chi connectivity index (χ3v) is 4.07. The second-order valence-corrected chi connectivity index (χ2v) is 6.62. The summed E-state index contributed by atoms with van der Waals surface area (Å²) in [6.07, 6.45) is -0.468. The quantitative estimate of drug-likeness (QED) is 0.884. The topological polar surface area (TPSA) is 32.3 Å². The molecule has 2 rings (SSSR count). The van der Waals surface area contributed by atoms with Crippen molar-refractivity contribution < 1.29 is 5.11 Å². The zero-order chi connectivity index (χ0) is 14.8. The van der Waals surface area contributed by atoms with Crippen molar-refractivity contribution in [2.24, 2.45) is 5.41 Å². The highest BCUT2D eigenvalue weighted by Crippen LogP contribution is 2.22. The third kappa shape index (κ3) is 3.59. The van der Waals surface area contributed by atoms with Crippen molar-refractivity contribution in [3.63, 3.8) is 0 Å². The minimum absolute atomic E-state index is 0.198. The first kappa shape index (κ1) is 15.0. The average molecular weight is 271 g/mol. The van der Waals surface area contributed by atoms with Crippen LogP contribution < -0.4 is 5.32 Å². The molecule has 2 aromatic carbocycles. The summed E-state index contributed by atoms with van der Waals surface area (Å²) in [6, 6.07) is 14.7. The minimum Gasteiger partial charge on any atom is -0.387 e. The molecule has 2 atom stereocenters. The number of aliphatic hydroxyl groups is 1. The van der Waals surface area contributed by atoms with Gasteiger partial charge in [0.1, 0.15) is 0 Å². The Balaban J connectivity index is 2.06. The van der Waals surface area contributed by atoms with Crippen molar-refractivity contribution >= 4 is 10.8 Å². The second kappa shape index (κ2) is 5.94. The molecular weight excluding hydrogens is 246 g/mol. The molecule has 0 saturated carbocycles. The molecule has 0 saturated heterocycles. The summed E-state index contributed by atoms with van der Waals surface area (Å²) in [5.74, 6) is 0. The molecule has 0 bridgehead atoms. The van der Waals surface area contributed by atoms with E-state index in [4.69, 9.17) is 0 Å². The van der Waals surface area contributed by atoms with E-state index < -0.39 is 6.10 Å². The van der Waals surface area contributed by atoms with Crippen LogP contribution in [-0.2, 0) is 0 Å². The van der Waals surface area contributed by atoms with Crippen LogP contribution in [0.5, 0.6) is 0 Å². The van der Waals surface area contributed by atoms with E-state index in [-0.39, 0.29) is 5.41 Å². The van der Waals surface area contributed by atoms with E-state index in [0.29, 0.717) is 12.6 Å². The summed E-state index contributed by atoms with van der Waals surface area (Å²) in [7, 11) is 0. The molecule has 0 fully saturated rings. The fourth-order valence-electron chi connectivity index (χ4n) is 2.13. The van der Waals surface area contributed by atoms with Crippen molar-refractivity contribution in [2.45, 2.75) is 39.8 Å². The van der Waals surface area contributed by atoms with Gasteiger partial charge in [-0.2, -0.15) is 0 Å². The molecule has 20 heavy (non-hydrogen) atoms. The number of fused-ring (bicyclic) bond motifs is 1. The Morgan fingerprint density at radius 3 is 2.35 bits per heavy atom. The number of nitrogens with one attached hydrogen (secondary N) is 1. The Bertz CT molecular complexity index is 571. The molecule has 0 aliphatic rings. The number of hydrogen-bond donors (Lipinski definition) is 2. The first-order valence-corrected chi connectivity index (χ1v) is 7.28. The summed E-state index contributed by atoms with van der Waals surface area (Å²) < 4.78 is 0. The number of rotatable bonds is 4. The Labute approximate surface area is 121 Å². The lowest BCUT2D eigenvalue weighted by atomic mass is 9.88. The predicted molar refractivity (Wildman–Crippen MR) is 85.8 cm³/mol. The Morgan fingerprint density at radius 1 is 1.05 bits per heavy atom. The molecule has 2 N–H and O–H groups in total.